The molecular formula is C18H22BrN3OS. The fourth-order valence-corrected chi connectivity index (χ4v) is 4.28. The van der Waals surface area contributed by atoms with E-state index in [1.165, 1.54) is 4.88 Å². The highest BCUT2D eigenvalue weighted by Crippen LogP contribution is 2.26. The van der Waals surface area contributed by atoms with E-state index in [1.807, 2.05) is 24.3 Å². The molecule has 4 nitrogen and oxygen atoms in total. The first-order chi connectivity index (χ1) is 11.6. The summed E-state index contributed by atoms with van der Waals surface area (Å²) in [6, 6.07) is 12.0. The Morgan fingerprint density at radius 2 is 1.96 bits per heavy atom. The maximum atomic E-state index is 12.5. The molecule has 3 rings (SSSR count). The van der Waals surface area contributed by atoms with Gasteiger partial charge in [0.05, 0.1) is 11.6 Å². The molecular weight excluding hydrogens is 386 g/mol. The molecule has 1 aromatic heterocycles. The number of thiophene rings is 1. The number of halogens is 1. The second-order valence-electron chi connectivity index (χ2n) is 6.06. The normalized spacial score (nSPS) is 17.6. The van der Waals surface area contributed by atoms with Crippen LogP contribution in [0.2, 0.25) is 0 Å². The van der Waals surface area contributed by atoms with E-state index in [2.05, 4.69) is 55.6 Å². The minimum Gasteiger partial charge on any atom is -0.350 e. The lowest BCUT2D eigenvalue weighted by molar-refractivity contribution is 0.0889. The predicted molar refractivity (Wildman–Crippen MR) is 103 cm³/mol. The predicted octanol–water partition coefficient (Wildman–Crippen LogP) is 3.23. The molecule has 0 spiro atoms. The lowest BCUT2D eigenvalue weighted by Gasteiger charge is -2.37. The van der Waals surface area contributed by atoms with Gasteiger partial charge in [0.2, 0.25) is 0 Å². The molecule has 0 aliphatic carbocycles. The highest BCUT2D eigenvalue weighted by Gasteiger charge is 2.25. The molecule has 6 heteroatoms. The summed E-state index contributed by atoms with van der Waals surface area (Å²) in [6.45, 7) is 4.83. The lowest BCUT2D eigenvalue weighted by Crippen LogP contribution is -2.48. The van der Waals surface area contributed by atoms with Crippen molar-refractivity contribution in [1.82, 2.24) is 15.1 Å². The zero-order valence-corrected chi connectivity index (χ0v) is 16.1. The van der Waals surface area contributed by atoms with E-state index in [4.69, 9.17) is 0 Å². The third-order valence-corrected chi connectivity index (χ3v) is 6.09. The Kier molecular flexibility index (Phi) is 6.05. The fourth-order valence-electron chi connectivity index (χ4n) is 2.95. The van der Waals surface area contributed by atoms with Crippen LogP contribution in [-0.2, 0) is 0 Å². The van der Waals surface area contributed by atoms with Gasteiger partial charge in [-0.1, -0.05) is 18.2 Å². The number of piperazine rings is 1. The second kappa shape index (κ2) is 8.25. The highest BCUT2D eigenvalue weighted by atomic mass is 79.9. The summed E-state index contributed by atoms with van der Waals surface area (Å²) in [6.07, 6.45) is 0. The van der Waals surface area contributed by atoms with Crippen molar-refractivity contribution in [1.29, 1.82) is 0 Å². The Balaban J connectivity index is 1.68. The van der Waals surface area contributed by atoms with Gasteiger partial charge in [0.25, 0.3) is 5.91 Å². The number of benzene rings is 1. The first-order valence-corrected chi connectivity index (χ1v) is 9.81. The van der Waals surface area contributed by atoms with Crippen molar-refractivity contribution in [3.05, 3.63) is 56.7 Å². The minimum atomic E-state index is -0.0295. The Morgan fingerprint density at radius 3 is 2.62 bits per heavy atom. The van der Waals surface area contributed by atoms with Crippen molar-refractivity contribution in [2.75, 3.05) is 39.8 Å². The van der Waals surface area contributed by atoms with Gasteiger partial charge in [-0.05, 0) is 46.6 Å². The van der Waals surface area contributed by atoms with E-state index < -0.39 is 0 Å². The fraction of sp³-hybridized carbons (Fsp3) is 0.389. The van der Waals surface area contributed by atoms with Crippen LogP contribution in [0, 0.1) is 0 Å². The van der Waals surface area contributed by atoms with Crippen LogP contribution in [0.5, 0.6) is 0 Å². The van der Waals surface area contributed by atoms with Crippen LogP contribution in [0.4, 0.5) is 0 Å². The molecule has 2 heterocycles. The Morgan fingerprint density at radius 1 is 1.21 bits per heavy atom. The number of likely N-dealkylation sites (N-methyl/N-ethyl adjacent to an activating group) is 1. The number of hydrogen-bond donors (Lipinski definition) is 1. The van der Waals surface area contributed by atoms with Gasteiger partial charge in [0, 0.05) is 42.1 Å². The first kappa shape index (κ1) is 17.6. The summed E-state index contributed by atoms with van der Waals surface area (Å²) in [5.41, 5.74) is 0.681. The van der Waals surface area contributed by atoms with E-state index >= 15 is 0 Å². The lowest BCUT2D eigenvalue weighted by atomic mass is 10.1. The van der Waals surface area contributed by atoms with Gasteiger partial charge in [-0.3, -0.25) is 9.69 Å². The monoisotopic (exact) mass is 407 g/mol. The van der Waals surface area contributed by atoms with E-state index in [-0.39, 0.29) is 11.9 Å². The van der Waals surface area contributed by atoms with E-state index in [0.29, 0.717) is 12.1 Å². The number of rotatable bonds is 5. The van der Waals surface area contributed by atoms with Gasteiger partial charge >= 0.3 is 0 Å². The van der Waals surface area contributed by atoms with Crippen molar-refractivity contribution in [2.45, 2.75) is 6.04 Å². The number of nitrogens with zero attached hydrogens (tertiary/aromatic N) is 2. The zero-order chi connectivity index (χ0) is 16.9. The van der Waals surface area contributed by atoms with Crippen LogP contribution in [0.15, 0.2) is 46.3 Å². The standard InChI is InChI=1S/C18H22BrN3OS/c1-21-8-10-22(11-9-21)16(17-7-4-12-24-17)13-20-18(23)14-5-2-3-6-15(14)19/h2-7,12,16H,8-11,13H2,1H3,(H,20,23)/t16-/m1/s1. The van der Waals surface area contributed by atoms with Gasteiger partial charge < -0.3 is 10.2 Å². The van der Waals surface area contributed by atoms with Crippen LogP contribution in [-0.4, -0.2) is 55.5 Å². The quantitative estimate of drug-likeness (QED) is 0.825. The Labute approximate surface area is 155 Å². The molecule has 1 saturated heterocycles. The average molecular weight is 408 g/mol. The largest absolute Gasteiger partial charge is 0.350 e. The number of carbonyl (C=O) groups excluding carboxylic acids is 1. The maximum Gasteiger partial charge on any atom is 0.252 e. The molecule has 0 saturated carbocycles. The van der Waals surface area contributed by atoms with Crippen LogP contribution in [0.3, 0.4) is 0 Å². The smallest absolute Gasteiger partial charge is 0.252 e. The molecule has 1 amide bonds. The van der Waals surface area contributed by atoms with Crippen molar-refractivity contribution >= 4 is 33.2 Å². The molecule has 128 valence electrons. The van der Waals surface area contributed by atoms with Crippen molar-refractivity contribution in [3.63, 3.8) is 0 Å². The van der Waals surface area contributed by atoms with E-state index in [9.17, 15) is 4.79 Å². The third-order valence-electron chi connectivity index (χ3n) is 4.42. The van der Waals surface area contributed by atoms with Gasteiger partial charge in [0.1, 0.15) is 0 Å². The SMILES string of the molecule is CN1CCN([C@H](CNC(=O)c2ccccc2Br)c2cccs2)CC1. The molecule has 1 aromatic carbocycles. The molecule has 1 aliphatic heterocycles. The molecule has 24 heavy (non-hydrogen) atoms. The molecule has 1 N–H and O–H groups in total. The number of hydrogen-bond acceptors (Lipinski definition) is 4. The van der Waals surface area contributed by atoms with Crippen molar-refractivity contribution in [2.24, 2.45) is 0 Å². The topological polar surface area (TPSA) is 35.6 Å². The van der Waals surface area contributed by atoms with Crippen LogP contribution in [0.25, 0.3) is 0 Å². The van der Waals surface area contributed by atoms with Gasteiger partial charge in [-0.25, -0.2) is 0 Å². The molecule has 0 unspecified atom stereocenters. The van der Waals surface area contributed by atoms with Gasteiger partial charge in [-0.15, -0.1) is 11.3 Å². The van der Waals surface area contributed by atoms with Crippen LogP contribution < -0.4 is 5.32 Å². The Hall–Kier alpha value is -1.21. The molecule has 0 bridgehead atoms. The Bertz CT molecular complexity index is 669. The molecule has 1 aliphatic rings. The summed E-state index contributed by atoms with van der Waals surface area (Å²) in [7, 11) is 2.16. The summed E-state index contributed by atoms with van der Waals surface area (Å²) < 4.78 is 0.828. The summed E-state index contributed by atoms with van der Waals surface area (Å²) in [4.78, 5) is 18.6. The summed E-state index contributed by atoms with van der Waals surface area (Å²) in [5.74, 6) is -0.0295. The van der Waals surface area contributed by atoms with E-state index in [0.717, 1.165) is 30.7 Å². The number of amides is 1. The van der Waals surface area contributed by atoms with E-state index in [1.54, 1.807) is 11.3 Å². The van der Waals surface area contributed by atoms with Crippen molar-refractivity contribution in [3.8, 4) is 0 Å². The number of nitrogens with one attached hydrogen (secondary N) is 1. The number of carbonyl (C=O) groups is 1. The third kappa shape index (κ3) is 4.25. The molecule has 0 radical (unpaired) electrons. The molecule has 2 aromatic rings. The van der Waals surface area contributed by atoms with Crippen molar-refractivity contribution < 1.29 is 4.79 Å². The summed E-state index contributed by atoms with van der Waals surface area (Å²) in [5, 5.41) is 5.22. The van der Waals surface area contributed by atoms with Crippen LogP contribution >= 0.6 is 27.3 Å². The second-order valence-corrected chi connectivity index (χ2v) is 7.89. The highest BCUT2D eigenvalue weighted by molar-refractivity contribution is 9.10. The van der Waals surface area contributed by atoms with Gasteiger partial charge in [0.15, 0.2) is 0 Å². The van der Waals surface area contributed by atoms with Crippen LogP contribution in [0.1, 0.15) is 21.3 Å². The average Bonchev–Trinajstić information content (AvgIpc) is 3.11. The van der Waals surface area contributed by atoms with Gasteiger partial charge in [-0.2, -0.15) is 0 Å². The minimum absolute atomic E-state index is 0.0295. The molecule has 1 fully saturated rings. The maximum absolute atomic E-state index is 12.5. The summed E-state index contributed by atoms with van der Waals surface area (Å²) >= 11 is 5.21. The zero-order valence-electron chi connectivity index (χ0n) is 13.7. The first-order valence-electron chi connectivity index (χ1n) is 8.14. The molecule has 1 atom stereocenters.